The van der Waals surface area contributed by atoms with E-state index in [9.17, 15) is 4.57 Å². The summed E-state index contributed by atoms with van der Waals surface area (Å²) in [6.07, 6.45) is 4.67. The molecule has 0 fully saturated rings. The highest BCUT2D eigenvalue weighted by molar-refractivity contribution is 7.57. The third-order valence-corrected chi connectivity index (χ3v) is 2.92. The molecule has 0 spiro atoms. The summed E-state index contributed by atoms with van der Waals surface area (Å²) in [5.74, 6) is 0. The summed E-state index contributed by atoms with van der Waals surface area (Å²) in [7, 11) is -2.50. The maximum Gasteiger partial charge on any atom is 0.220 e. The molecule has 1 heterocycles. The van der Waals surface area contributed by atoms with E-state index >= 15 is 0 Å². The van der Waals surface area contributed by atoms with Gasteiger partial charge in [-0.05, 0) is 13.0 Å². The van der Waals surface area contributed by atoms with Crippen molar-refractivity contribution in [1.82, 2.24) is 9.78 Å². The van der Waals surface area contributed by atoms with Crippen molar-refractivity contribution in [3.05, 3.63) is 18.5 Å². The number of aromatic nitrogens is 2. The minimum Gasteiger partial charge on any atom is -0.328 e. The van der Waals surface area contributed by atoms with Crippen LogP contribution in [0.15, 0.2) is 12.3 Å². The minimum atomic E-state index is -2.50. The van der Waals surface area contributed by atoms with Crippen molar-refractivity contribution in [2.24, 2.45) is 0 Å². The molecule has 1 aromatic rings. The maximum atomic E-state index is 11.6. The fourth-order valence-corrected chi connectivity index (χ4v) is 2.23. The van der Waals surface area contributed by atoms with E-state index in [1.165, 1.54) is 0 Å². The Kier molecular flexibility index (Phi) is 3.06. The third-order valence-electron chi connectivity index (χ3n) is 1.31. The second-order valence-corrected chi connectivity index (χ2v) is 5.13. The highest BCUT2D eigenvalue weighted by Crippen LogP contribution is 2.43. The lowest BCUT2D eigenvalue weighted by Gasteiger charge is -2.11. The molecule has 0 saturated carbocycles. The van der Waals surface area contributed by atoms with E-state index in [0.717, 1.165) is 0 Å². The smallest absolute Gasteiger partial charge is 0.220 e. The summed E-state index contributed by atoms with van der Waals surface area (Å²) in [5, 5.41) is 3.82. The zero-order valence-corrected chi connectivity index (χ0v) is 8.12. The van der Waals surface area contributed by atoms with Crippen molar-refractivity contribution in [2.75, 3.05) is 13.3 Å². The van der Waals surface area contributed by atoms with E-state index in [2.05, 4.69) is 11.3 Å². The van der Waals surface area contributed by atoms with Gasteiger partial charge < -0.3 is 4.52 Å². The second-order valence-electron chi connectivity index (χ2n) is 2.56. The topological polar surface area (TPSA) is 44.1 Å². The average Bonchev–Trinajstić information content (AvgIpc) is 2.38. The van der Waals surface area contributed by atoms with E-state index in [-0.39, 0.29) is 0 Å². The Morgan fingerprint density at radius 3 is 3.00 bits per heavy atom. The van der Waals surface area contributed by atoms with Gasteiger partial charge in [0.05, 0.1) is 6.61 Å². The zero-order chi connectivity index (χ0) is 9.03. The summed E-state index contributed by atoms with van der Waals surface area (Å²) in [4.78, 5) is 0. The predicted octanol–water partition coefficient (Wildman–Crippen LogP) is 1.59. The molecule has 67 valence electrons. The van der Waals surface area contributed by atoms with Gasteiger partial charge in [-0.15, -0.1) is 0 Å². The van der Waals surface area contributed by atoms with Crippen LogP contribution in [0.2, 0.25) is 0 Å². The first-order valence-electron chi connectivity index (χ1n) is 3.74. The van der Waals surface area contributed by atoms with Crippen LogP contribution in [0.25, 0.3) is 0 Å². The van der Waals surface area contributed by atoms with Crippen molar-refractivity contribution in [3.63, 3.8) is 0 Å². The standard InChI is InChI=1S/C7H12N2O2P/c1-3-11-12(2,10)7-9-6-4-5-8-9/h4,6H,3,7H2,1-2H3. The van der Waals surface area contributed by atoms with E-state index in [0.29, 0.717) is 12.9 Å². The number of rotatable bonds is 4. The van der Waals surface area contributed by atoms with Crippen LogP contribution in [-0.2, 0) is 15.4 Å². The van der Waals surface area contributed by atoms with Crippen LogP contribution in [0, 0.1) is 6.20 Å². The molecule has 1 rings (SSSR count). The quantitative estimate of drug-likeness (QED) is 0.672. The Bertz CT molecular complexity index is 271. The normalized spacial score (nSPS) is 15.8. The third kappa shape index (κ3) is 2.80. The molecule has 0 aromatic carbocycles. The average molecular weight is 187 g/mol. The molecule has 1 radical (unpaired) electrons. The Morgan fingerprint density at radius 2 is 2.50 bits per heavy atom. The Hall–Kier alpha value is -0.600. The molecule has 0 saturated heterocycles. The second kappa shape index (κ2) is 3.87. The number of hydrogen-bond acceptors (Lipinski definition) is 3. The maximum absolute atomic E-state index is 11.6. The zero-order valence-electron chi connectivity index (χ0n) is 7.23. The van der Waals surface area contributed by atoms with Crippen LogP contribution in [0.1, 0.15) is 6.92 Å². The molecule has 1 atom stereocenters. The highest BCUT2D eigenvalue weighted by Gasteiger charge is 2.15. The van der Waals surface area contributed by atoms with Gasteiger partial charge in [0.25, 0.3) is 0 Å². The minimum absolute atomic E-state index is 0.324. The molecule has 0 bridgehead atoms. The SMILES string of the molecule is CCOP(C)(=O)Cn1cc[c]n1. The fraction of sp³-hybridized carbons (Fsp3) is 0.571. The van der Waals surface area contributed by atoms with E-state index in [1.807, 2.05) is 6.92 Å². The molecule has 5 heteroatoms. The van der Waals surface area contributed by atoms with Crippen molar-refractivity contribution < 1.29 is 9.09 Å². The summed E-state index contributed by atoms with van der Waals surface area (Å²) in [5.41, 5.74) is 0. The molecule has 1 unspecified atom stereocenters. The van der Waals surface area contributed by atoms with Crippen molar-refractivity contribution in [1.29, 1.82) is 0 Å². The Morgan fingerprint density at radius 1 is 1.75 bits per heavy atom. The van der Waals surface area contributed by atoms with Gasteiger partial charge in [-0.3, -0.25) is 9.25 Å². The molecule has 12 heavy (non-hydrogen) atoms. The van der Waals surface area contributed by atoms with Crippen molar-refractivity contribution in [2.45, 2.75) is 13.2 Å². The van der Waals surface area contributed by atoms with Crippen LogP contribution in [0.5, 0.6) is 0 Å². The summed E-state index contributed by atoms with van der Waals surface area (Å²) >= 11 is 0. The van der Waals surface area contributed by atoms with Gasteiger partial charge in [-0.2, -0.15) is 5.10 Å². The molecule has 4 nitrogen and oxygen atoms in total. The van der Waals surface area contributed by atoms with Gasteiger partial charge in [0, 0.05) is 12.9 Å². The Labute approximate surface area is 72.0 Å². The van der Waals surface area contributed by atoms with Crippen molar-refractivity contribution in [3.8, 4) is 0 Å². The van der Waals surface area contributed by atoms with Gasteiger partial charge in [-0.25, -0.2) is 0 Å². The highest BCUT2D eigenvalue weighted by atomic mass is 31.2. The van der Waals surface area contributed by atoms with Crippen LogP contribution in [0.4, 0.5) is 0 Å². The molecule has 0 aliphatic rings. The van der Waals surface area contributed by atoms with Crippen LogP contribution in [-0.4, -0.2) is 23.1 Å². The van der Waals surface area contributed by atoms with Gasteiger partial charge in [0.15, 0.2) is 0 Å². The lowest BCUT2D eigenvalue weighted by molar-refractivity contribution is 0.330. The molecule has 0 aliphatic heterocycles. The number of hydrogen-bond donors (Lipinski definition) is 0. The summed E-state index contributed by atoms with van der Waals surface area (Å²) < 4.78 is 18.2. The molecule has 1 aromatic heterocycles. The van der Waals surface area contributed by atoms with Crippen LogP contribution in [0.3, 0.4) is 0 Å². The number of nitrogens with zero attached hydrogens (tertiary/aromatic N) is 2. The fourth-order valence-electron chi connectivity index (χ4n) is 0.916. The van der Waals surface area contributed by atoms with Gasteiger partial charge in [0.2, 0.25) is 7.37 Å². The largest absolute Gasteiger partial charge is 0.328 e. The van der Waals surface area contributed by atoms with E-state index < -0.39 is 7.37 Å². The first-order chi connectivity index (χ1) is 5.64. The van der Waals surface area contributed by atoms with Crippen LogP contribution < -0.4 is 0 Å². The van der Waals surface area contributed by atoms with Crippen LogP contribution >= 0.6 is 7.37 Å². The van der Waals surface area contributed by atoms with E-state index in [1.54, 1.807) is 23.6 Å². The molecule has 0 N–H and O–H groups in total. The molecular formula is C7H12N2O2P. The van der Waals surface area contributed by atoms with Gasteiger partial charge in [-0.1, -0.05) is 0 Å². The lowest BCUT2D eigenvalue weighted by Crippen LogP contribution is -2.01. The summed E-state index contributed by atoms with van der Waals surface area (Å²) in [6.45, 7) is 3.91. The van der Waals surface area contributed by atoms with E-state index in [4.69, 9.17) is 4.52 Å². The molecule has 0 aliphatic carbocycles. The van der Waals surface area contributed by atoms with Gasteiger partial charge in [0.1, 0.15) is 12.5 Å². The van der Waals surface area contributed by atoms with Crippen molar-refractivity contribution >= 4 is 7.37 Å². The first-order valence-corrected chi connectivity index (χ1v) is 6.00. The molecular weight excluding hydrogens is 175 g/mol. The lowest BCUT2D eigenvalue weighted by atomic mass is 10.8. The van der Waals surface area contributed by atoms with Gasteiger partial charge >= 0.3 is 0 Å². The summed E-state index contributed by atoms with van der Waals surface area (Å²) in [6, 6.07) is 1.67. The first kappa shape index (κ1) is 9.49. The molecule has 0 amide bonds. The monoisotopic (exact) mass is 187 g/mol. The predicted molar refractivity (Wildman–Crippen MR) is 46.2 cm³/mol. The Balaban J connectivity index is 2.56.